The maximum absolute atomic E-state index is 13.4. The zero-order chi connectivity index (χ0) is 23.7. The van der Waals surface area contributed by atoms with Crippen molar-refractivity contribution in [2.75, 3.05) is 13.1 Å². The second-order valence-corrected chi connectivity index (χ2v) is 11.5. The Morgan fingerprint density at radius 1 is 1.24 bits per heavy atom. The topological polar surface area (TPSA) is 72.8 Å². The van der Waals surface area contributed by atoms with Gasteiger partial charge in [-0.25, -0.2) is 0 Å². The number of piperidine rings is 1. The van der Waals surface area contributed by atoms with Gasteiger partial charge in [-0.1, -0.05) is 29.8 Å². The molecule has 3 fully saturated rings. The summed E-state index contributed by atoms with van der Waals surface area (Å²) in [6.45, 7) is 4.38. The molecule has 2 aromatic carbocycles. The Morgan fingerprint density at radius 3 is 2.85 bits per heavy atom. The van der Waals surface area contributed by atoms with Gasteiger partial charge in [0.25, 0.3) is 0 Å². The number of carbonyl (C=O) groups is 1. The first kappa shape index (κ1) is 22.4. The van der Waals surface area contributed by atoms with Gasteiger partial charge in [0.15, 0.2) is 0 Å². The lowest BCUT2D eigenvalue weighted by atomic mass is 9.56. The van der Waals surface area contributed by atoms with Gasteiger partial charge in [0.2, 0.25) is 5.91 Å². The van der Waals surface area contributed by atoms with E-state index in [9.17, 15) is 15.0 Å². The molecule has 3 aliphatic carbocycles. The van der Waals surface area contributed by atoms with E-state index in [1.807, 2.05) is 37.3 Å². The summed E-state index contributed by atoms with van der Waals surface area (Å²) in [6, 6.07) is 11.4. The number of carbonyl (C=O) groups excluding carboxylic acids is 1. The molecule has 4 aliphatic rings. The van der Waals surface area contributed by atoms with Gasteiger partial charge in [0, 0.05) is 35.5 Å². The van der Waals surface area contributed by atoms with Crippen LogP contribution in [-0.2, 0) is 23.2 Å². The highest BCUT2D eigenvalue weighted by Gasteiger charge is 2.68. The highest BCUT2D eigenvalue weighted by Crippen LogP contribution is 2.62. The van der Waals surface area contributed by atoms with Crippen LogP contribution in [0.1, 0.15) is 54.4 Å². The number of hydrogen-bond acceptors (Lipinski definition) is 4. The first-order chi connectivity index (χ1) is 16.3. The quantitative estimate of drug-likeness (QED) is 0.602. The summed E-state index contributed by atoms with van der Waals surface area (Å²) in [7, 11) is 0. The summed E-state index contributed by atoms with van der Waals surface area (Å²) in [4.78, 5) is 15.9. The molecule has 6 rings (SSSR count). The summed E-state index contributed by atoms with van der Waals surface area (Å²) in [5.41, 5.74) is 2.81. The number of rotatable bonds is 5. The van der Waals surface area contributed by atoms with Crippen LogP contribution in [0, 0.1) is 18.8 Å². The zero-order valence-electron chi connectivity index (χ0n) is 19.7. The number of amides is 1. The van der Waals surface area contributed by atoms with Crippen molar-refractivity contribution in [2.24, 2.45) is 11.8 Å². The molecular weight excluding hydrogens is 448 g/mol. The maximum Gasteiger partial charge on any atom is 0.223 e. The predicted octanol–water partition coefficient (Wildman–Crippen LogP) is 4.09. The Hall–Kier alpha value is -2.08. The van der Waals surface area contributed by atoms with E-state index in [4.69, 9.17) is 11.6 Å². The van der Waals surface area contributed by atoms with E-state index in [0.717, 1.165) is 48.5 Å². The van der Waals surface area contributed by atoms with Gasteiger partial charge in [-0.2, -0.15) is 0 Å². The SMILES string of the molecule is Cc1c(Cl)cccc1CNC(=O)[C@@H]1C[C@]23CCN(CC4CC4)[C@H](Cc4ccc(O)cc42)[C@]3(O)C1. The van der Waals surface area contributed by atoms with Crippen LogP contribution in [-0.4, -0.2) is 45.8 Å². The fourth-order valence-electron chi connectivity index (χ4n) is 7.18. The normalized spacial score (nSPS) is 32.2. The molecule has 180 valence electrons. The zero-order valence-corrected chi connectivity index (χ0v) is 20.4. The van der Waals surface area contributed by atoms with E-state index in [2.05, 4.69) is 10.2 Å². The predicted molar refractivity (Wildman–Crippen MR) is 132 cm³/mol. The fraction of sp³-hybridized carbons (Fsp3) is 0.536. The van der Waals surface area contributed by atoms with Gasteiger partial charge < -0.3 is 15.5 Å². The third-order valence-electron chi connectivity index (χ3n) is 9.21. The van der Waals surface area contributed by atoms with Gasteiger partial charge in [-0.3, -0.25) is 9.69 Å². The van der Waals surface area contributed by atoms with Crippen molar-refractivity contribution >= 4 is 17.5 Å². The van der Waals surface area contributed by atoms with E-state index < -0.39 is 11.0 Å². The summed E-state index contributed by atoms with van der Waals surface area (Å²) < 4.78 is 0. The summed E-state index contributed by atoms with van der Waals surface area (Å²) in [6.07, 6.45) is 5.25. The van der Waals surface area contributed by atoms with Crippen LogP contribution >= 0.6 is 11.6 Å². The summed E-state index contributed by atoms with van der Waals surface area (Å²) in [5, 5.41) is 26.5. The minimum absolute atomic E-state index is 0.00216. The second-order valence-electron chi connectivity index (χ2n) is 11.1. The Kier molecular flexibility index (Phi) is 5.25. The van der Waals surface area contributed by atoms with Crippen molar-refractivity contribution in [2.45, 2.75) is 69.1 Å². The van der Waals surface area contributed by atoms with E-state index in [1.54, 1.807) is 6.07 Å². The van der Waals surface area contributed by atoms with Gasteiger partial charge in [-0.05, 0) is 98.4 Å². The molecule has 4 atom stereocenters. The summed E-state index contributed by atoms with van der Waals surface area (Å²) in [5.74, 6) is 0.719. The third-order valence-corrected chi connectivity index (χ3v) is 9.62. The van der Waals surface area contributed by atoms with Crippen molar-refractivity contribution in [3.05, 3.63) is 63.7 Å². The Labute approximate surface area is 206 Å². The van der Waals surface area contributed by atoms with Crippen molar-refractivity contribution in [1.82, 2.24) is 10.2 Å². The molecule has 0 aromatic heterocycles. The molecule has 0 radical (unpaired) electrons. The van der Waals surface area contributed by atoms with E-state index >= 15 is 0 Å². The number of likely N-dealkylation sites (tertiary alicyclic amines) is 1. The highest BCUT2D eigenvalue weighted by atomic mass is 35.5. The molecule has 0 spiro atoms. The van der Waals surface area contributed by atoms with Crippen LogP contribution in [0.4, 0.5) is 0 Å². The number of benzene rings is 2. The number of phenolic OH excluding ortho intramolecular Hbond substituents is 1. The molecule has 2 aromatic rings. The molecule has 1 saturated heterocycles. The molecule has 0 unspecified atom stereocenters. The third kappa shape index (κ3) is 3.39. The van der Waals surface area contributed by atoms with Gasteiger partial charge in [0.1, 0.15) is 5.75 Å². The standard InChI is InChI=1S/C28H33ClN2O3/c1-17-20(3-2-4-24(17)29)15-30-26(33)21-13-27-9-10-31(16-18-5-6-18)25(28(27,34)14-21)11-19-7-8-22(32)12-23(19)27/h2-4,7-8,12,18,21,25,32,34H,5-6,9-11,13-16H2,1H3,(H,30,33)/t21-,25-,27-,28-/m1/s1. The van der Waals surface area contributed by atoms with Crippen molar-refractivity contribution in [3.8, 4) is 5.75 Å². The highest BCUT2D eigenvalue weighted by molar-refractivity contribution is 6.31. The molecule has 2 saturated carbocycles. The fourth-order valence-corrected chi connectivity index (χ4v) is 7.38. The van der Waals surface area contributed by atoms with Gasteiger partial charge >= 0.3 is 0 Å². The van der Waals surface area contributed by atoms with Gasteiger partial charge in [-0.15, -0.1) is 0 Å². The minimum atomic E-state index is -0.963. The minimum Gasteiger partial charge on any atom is -0.508 e. The van der Waals surface area contributed by atoms with E-state index in [-0.39, 0.29) is 23.6 Å². The van der Waals surface area contributed by atoms with Crippen LogP contribution < -0.4 is 5.32 Å². The Morgan fingerprint density at radius 2 is 2.06 bits per heavy atom. The number of aliphatic hydroxyl groups is 1. The number of phenols is 1. The first-order valence-corrected chi connectivity index (χ1v) is 13.0. The van der Waals surface area contributed by atoms with Crippen LogP contribution in [0.15, 0.2) is 36.4 Å². The lowest BCUT2D eigenvalue weighted by Gasteiger charge is -2.59. The number of nitrogens with one attached hydrogen (secondary N) is 1. The number of aromatic hydroxyl groups is 1. The molecule has 2 bridgehead atoms. The van der Waals surface area contributed by atoms with Crippen molar-refractivity contribution < 1.29 is 15.0 Å². The smallest absolute Gasteiger partial charge is 0.223 e. The molecule has 5 nitrogen and oxygen atoms in total. The first-order valence-electron chi connectivity index (χ1n) is 12.6. The average Bonchev–Trinajstić information content (AvgIpc) is 3.56. The lowest BCUT2D eigenvalue weighted by molar-refractivity contribution is -0.134. The monoisotopic (exact) mass is 480 g/mol. The molecule has 6 heteroatoms. The van der Waals surface area contributed by atoms with Crippen molar-refractivity contribution in [3.63, 3.8) is 0 Å². The molecule has 1 amide bonds. The average molecular weight is 481 g/mol. The van der Waals surface area contributed by atoms with Crippen molar-refractivity contribution in [1.29, 1.82) is 0 Å². The molecule has 3 N–H and O–H groups in total. The number of halogens is 1. The van der Waals surface area contributed by atoms with E-state index in [0.29, 0.717) is 24.4 Å². The number of hydrogen-bond donors (Lipinski definition) is 3. The molecular formula is C28H33ClN2O3. The second kappa shape index (κ2) is 7.97. The Balaban J connectivity index is 1.30. The van der Waals surface area contributed by atoms with Gasteiger partial charge in [0.05, 0.1) is 5.60 Å². The largest absolute Gasteiger partial charge is 0.508 e. The van der Waals surface area contributed by atoms with Crippen LogP contribution in [0.3, 0.4) is 0 Å². The Bertz CT molecular complexity index is 1150. The maximum atomic E-state index is 13.4. The molecule has 1 aliphatic heterocycles. The van der Waals surface area contributed by atoms with E-state index in [1.165, 1.54) is 18.4 Å². The van der Waals surface area contributed by atoms with Crippen LogP contribution in [0.2, 0.25) is 5.02 Å². The molecule has 34 heavy (non-hydrogen) atoms. The molecule has 1 heterocycles. The van der Waals surface area contributed by atoms with Crippen LogP contribution in [0.5, 0.6) is 5.75 Å². The van der Waals surface area contributed by atoms with Crippen LogP contribution in [0.25, 0.3) is 0 Å². The summed E-state index contributed by atoms with van der Waals surface area (Å²) >= 11 is 6.26. The lowest BCUT2D eigenvalue weighted by Crippen LogP contribution is -2.69. The number of fused-ring (bicyclic) bond motifs is 1. The number of nitrogens with zero attached hydrogens (tertiary/aromatic N) is 1.